The Morgan fingerprint density at radius 1 is 1.18 bits per heavy atom. The fourth-order valence-electron chi connectivity index (χ4n) is 3.36. The van der Waals surface area contributed by atoms with Crippen molar-refractivity contribution in [2.24, 2.45) is 0 Å². The van der Waals surface area contributed by atoms with Crippen LogP contribution in [0.1, 0.15) is 16.8 Å². The van der Waals surface area contributed by atoms with E-state index in [1.54, 1.807) is 26.6 Å². The molecule has 0 saturated carbocycles. The summed E-state index contributed by atoms with van der Waals surface area (Å²) in [6, 6.07) is 7.46. The van der Waals surface area contributed by atoms with Crippen LogP contribution in [0.15, 0.2) is 41.5 Å². The van der Waals surface area contributed by atoms with Crippen LogP contribution >= 0.6 is 0 Å². The molecule has 1 aliphatic heterocycles. The van der Waals surface area contributed by atoms with Gasteiger partial charge in [-0.25, -0.2) is 4.98 Å². The van der Waals surface area contributed by atoms with Crippen molar-refractivity contribution in [1.82, 2.24) is 24.8 Å². The molecule has 8 heteroatoms. The molecule has 0 spiro atoms. The lowest BCUT2D eigenvalue weighted by molar-refractivity contribution is 0.236. The molecule has 0 bridgehead atoms. The molecule has 0 fully saturated rings. The fraction of sp³-hybridized carbons (Fsp3) is 0.300. The van der Waals surface area contributed by atoms with Crippen molar-refractivity contribution in [2.45, 2.75) is 19.5 Å². The SMILES string of the molecule is COc1ccc(CN2CCc3nc(-c4cccnc4)[nH]c(=O)c3C2)c(OC)n1. The van der Waals surface area contributed by atoms with Gasteiger partial charge >= 0.3 is 0 Å². The Kier molecular flexibility index (Phi) is 5.03. The number of hydrogen-bond acceptors (Lipinski definition) is 7. The summed E-state index contributed by atoms with van der Waals surface area (Å²) in [5.74, 6) is 1.60. The van der Waals surface area contributed by atoms with Crippen LogP contribution in [0.2, 0.25) is 0 Å². The quantitative estimate of drug-likeness (QED) is 0.722. The van der Waals surface area contributed by atoms with Gasteiger partial charge in [0.2, 0.25) is 11.8 Å². The Labute approximate surface area is 162 Å². The molecule has 0 aliphatic carbocycles. The molecule has 144 valence electrons. The van der Waals surface area contributed by atoms with Gasteiger partial charge in [-0.15, -0.1) is 0 Å². The van der Waals surface area contributed by atoms with Gasteiger partial charge in [0.05, 0.1) is 25.5 Å². The molecular formula is C20H21N5O3. The second kappa shape index (κ2) is 7.77. The topological polar surface area (TPSA) is 93.2 Å². The second-order valence-electron chi connectivity index (χ2n) is 6.56. The molecule has 0 radical (unpaired) electrons. The lowest BCUT2D eigenvalue weighted by atomic mass is 10.1. The Hall–Kier alpha value is -3.26. The van der Waals surface area contributed by atoms with Crippen molar-refractivity contribution in [3.8, 4) is 23.1 Å². The highest BCUT2D eigenvalue weighted by Crippen LogP contribution is 2.24. The maximum Gasteiger partial charge on any atom is 0.255 e. The zero-order chi connectivity index (χ0) is 19.5. The number of rotatable bonds is 5. The third-order valence-electron chi connectivity index (χ3n) is 4.79. The third-order valence-corrected chi connectivity index (χ3v) is 4.79. The van der Waals surface area contributed by atoms with Gasteiger partial charge < -0.3 is 14.5 Å². The van der Waals surface area contributed by atoms with Gasteiger partial charge in [0, 0.05) is 55.6 Å². The van der Waals surface area contributed by atoms with Crippen LogP contribution in [-0.2, 0) is 19.5 Å². The van der Waals surface area contributed by atoms with Crippen LogP contribution in [0.25, 0.3) is 11.4 Å². The number of H-pyrrole nitrogens is 1. The van der Waals surface area contributed by atoms with Gasteiger partial charge in [-0.3, -0.25) is 14.7 Å². The van der Waals surface area contributed by atoms with E-state index in [1.165, 1.54) is 0 Å². The van der Waals surface area contributed by atoms with Gasteiger partial charge in [0.1, 0.15) is 5.82 Å². The number of methoxy groups -OCH3 is 2. The summed E-state index contributed by atoms with van der Waals surface area (Å²) in [7, 11) is 3.16. The zero-order valence-corrected chi connectivity index (χ0v) is 15.8. The van der Waals surface area contributed by atoms with Crippen molar-refractivity contribution in [3.05, 3.63) is 63.8 Å². The molecule has 0 unspecified atom stereocenters. The average Bonchev–Trinajstić information content (AvgIpc) is 2.75. The first-order chi connectivity index (χ1) is 13.7. The molecule has 28 heavy (non-hydrogen) atoms. The first-order valence-corrected chi connectivity index (χ1v) is 9.00. The monoisotopic (exact) mass is 379 g/mol. The number of fused-ring (bicyclic) bond motifs is 1. The summed E-state index contributed by atoms with van der Waals surface area (Å²) < 4.78 is 10.5. The fourth-order valence-corrected chi connectivity index (χ4v) is 3.36. The molecule has 1 N–H and O–H groups in total. The molecule has 1 aliphatic rings. The van der Waals surface area contributed by atoms with E-state index in [2.05, 4.69) is 24.8 Å². The summed E-state index contributed by atoms with van der Waals surface area (Å²) >= 11 is 0. The van der Waals surface area contributed by atoms with E-state index < -0.39 is 0 Å². The van der Waals surface area contributed by atoms with Crippen LogP contribution in [0.4, 0.5) is 0 Å². The number of pyridine rings is 2. The van der Waals surface area contributed by atoms with Crippen LogP contribution in [0, 0.1) is 0 Å². The summed E-state index contributed by atoms with van der Waals surface area (Å²) in [6.07, 6.45) is 4.10. The van der Waals surface area contributed by atoms with Crippen LogP contribution in [0.5, 0.6) is 11.8 Å². The molecule has 4 heterocycles. The Morgan fingerprint density at radius 3 is 2.82 bits per heavy atom. The molecular weight excluding hydrogens is 358 g/mol. The number of nitrogens with zero attached hydrogens (tertiary/aromatic N) is 4. The molecule has 3 aromatic heterocycles. The van der Waals surface area contributed by atoms with E-state index in [1.807, 2.05) is 24.3 Å². The number of nitrogens with one attached hydrogen (secondary N) is 1. The van der Waals surface area contributed by atoms with Gasteiger partial charge in [0.15, 0.2) is 0 Å². The Bertz CT molecular complexity index is 1040. The van der Waals surface area contributed by atoms with Crippen molar-refractivity contribution in [1.29, 1.82) is 0 Å². The van der Waals surface area contributed by atoms with Gasteiger partial charge in [-0.05, 0) is 18.2 Å². The molecule has 0 aromatic carbocycles. The lowest BCUT2D eigenvalue weighted by Gasteiger charge is -2.28. The van der Waals surface area contributed by atoms with E-state index >= 15 is 0 Å². The maximum atomic E-state index is 12.7. The number of aromatic amines is 1. The minimum Gasteiger partial charge on any atom is -0.481 e. The standard InChI is InChI=1S/C20H21N5O3/c1-27-17-6-5-14(20(23-17)28-2)11-25-9-7-16-15(12-25)19(26)24-18(22-16)13-4-3-8-21-10-13/h3-6,8,10H,7,9,11-12H2,1-2H3,(H,22,24,26). The Balaban J connectivity index is 1.57. The molecule has 8 nitrogen and oxygen atoms in total. The smallest absolute Gasteiger partial charge is 0.255 e. The van der Waals surface area contributed by atoms with Crippen molar-refractivity contribution in [2.75, 3.05) is 20.8 Å². The van der Waals surface area contributed by atoms with Crippen molar-refractivity contribution in [3.63, 3.8) is 0 Å². The van der Waals surface area contributed by atoms with E-state index in [-0.39, 0.29) is 5.56 Å². The van der Waals surface area contributed by atoms with E-state index in [4.69, 9.17) is 9.47 Å². The number of ether oxygens (including phenoxy) is 2. The normalized spacial score (nSPS) is 13.8. The highest BCUT2D eigenvalue weighted by molar-refractivity contribution is 5.53. The lowest BCUT2D eigenvalue weighted by Crippen LogP contribution is -2.35. The summed E-state index contributed by atoms with van der Waals surface area (Å²) in [5.41, 5.74) is 3.20. The molecule has 3 aromatic rings. The largest absolute Gasteiger partial charge is 0.481 e. The molecule has 0 saturated heterocycles. The predicted molar refractivity (Wildman–Crippen MR) is 103 cm³/mol. The Morgan fingerprint density at radius 2 is 2.07 bits per heavy atom. The first-order valence-electron chi connectivity index (χ1n) is 9.00. The second-order valence-corrected chi connectivity index (χ2v) is 6.56. The predicted octanol–water partition coefficient (Wildman–Crippen LogP) is 1.80. The van der Waals surface area contributed by atoms with E-state index in [0.717, 1.165) is 23.4 Å². The van der Waals surface area contributed by atoms with Gasteiger partial charge in [-0.1, -0.05) is 0 Å². The maximum absolute atomic E-state index is 12.7. The average molecular weight is 379 g/mol. The van der Waals surface area contributed by atoms with E-state index in [9.17, 15) is 4.79 Å². The van der Waals surface area contributed by atoms with Crippen LogP contribution in [-0.4, -0.2) is 45.6 Å². The first kappa shape index (κ1) is 18.1. The van der Waals surface area contributed by atoms with Crippen LogP contribution in [0.3, 0.4) is 0 Å². The van der Waals surface area contributed by atoms with Gasteiger partial charge in [-0.2, -0.15) is 4.98 Å². The summed E-state index contributed by atoms with van der Waals surface area (Å²) in [4.78, 5) is 30.8. The van der Waals surface area contributed by atoms with Crippen molar-refractivity contribution >= 4 is 0 Å². The van der Waals surface area contributed by atoms with Crippen LogP contribution < -0.4 is 15.0 Å². The minimum absolute atomic E-state index is 0.103. The molecule has 0 atom stereocenters. The number of hydrogen-bond donors (Lipinski definition) is 1. The molecule has 4 rings (SSSR count). The highest BCUT2D eigenvalue weighted by atomic mass is 16.5. The summed E-state index contributed by atoms with van der Waals surface area (Å²) in [6.45, 7) is 1.95. The van der Waals surface area contributed by atoms with Gasteiger partial charge in [0.25, 0.3) is 5.56 Å². The zero-order valence-electron chi connectivity index (χ0n) is 15.8. The highest BCUT2D eigenvalue weighted by Gasteiger charge is 2.22. The number of aromatic nitrogens is 4. The minimum atomic E-state index is -0.103. The summed E-state index contributed by atoms with van der Waals surface area (Å²) in [5, 5.41) is 0. The third kappa shape index (κ3) is 3.59. The van der Waals surface area contributed by atoms with Crippen molar-refractivity contribution < 1.29 is 9.47 Å². The van der Waals surface area contributed by atoms with E-state index in [0.29, 0.717) is 42.7 Å². The molecule has 0 amide bonds.